The van der Waals surface area contributed by atoms with E-state index in [1.54, 1.807) is 0 Å². The zero-order valence-electron chi connectivity index (χ0n) is 16.7. The van der Waals surface area contributed by atoms with Gasteiger partial charge in [0.1, 0.15) is 5.75 Å². The van der Waals surface area contributed by atoms with E-state index in [1.807, 2.05) is 30.5 Å². The molecule has 2 aromatic carbocycles. The van der Waals surface area contributed by atoms with Crippen molar-refractivity contribution in [2.45, 2.75) is 44.2 Å². The molecule has 0 bridgehead atoms. The standard InChI is InChI=1S/C24H24BrN3O2/c25-17-9-10-23-19(13-17)18(11-12-30-23)24(29)27-21-7-4-8-22-20(21)14-26-28(22)15-16-5-2-1-3-6-16/h1-3,5-6,9-10,13-14,18,21H,4,7-8,11-12,15H2,(H,27,29). The number of nitrogens with one attached hydrogen (secondary N) is 1. The average Bonchev–Trinajstić information content (AvgIpc) is 3.18. The predicted molar refractivity (Wildman–Crippen MR) is 119 cm³/mol. The van der Waals surface area contributed by atoms with Crippen LogP contribution in [0.1, 0.15) is 53.6 Å². The molecule has 0 radical (unpaired) electrons. The molecule has 30 heavy (non-hydrogen) atoms. The molecule has 0 saturated carbocycles. The summed E-state index contributed by atoms with van der Waals surface area (Å²) in [5.74, 6) is 0.701. The average molecular weight is 466 g/mol. The van der Waals surface area contributed by atoms with Crippen molar-refractivity contribution in [3.63, 3.8) is 0 Å². The molecule has 2 atom stereocenters. The van der Waals surface area contributed by atoms with E-state index in [9.17, 15) is 4.79 Å². The monoisotopic (exact) mass is 465 g/mol. The molecular formula is C24H24BrN3O2. The van der Waals surface area contributed by atoms with Crippen LogP contribution in [0.15, 0.2) is 59.2 Å². The van der Waals surface area contributed by atoms with Crippen molar-refractivity contribution in [2.75, 3.05) is 6.61 Å². The van der Waals surface area contributed by atoms with E-state index in [-0.39, 0.29) is 17.9 Å². The molecule has 3 aromatic rings. The largest absolute Gasteiger partial charge is 0.493 e. The van der Waals surface area contributed by atoms with Crippen LogP contribution >= 0.6 is 15.9 Å². The van der Waals surface area contributed by atoms with Crippen LogP contribution < -0.4 is 10.1 Å². The molecule has 5 nitrogen and oxygen atoms in total. The van der Waals surface area contributed by atoms with Gasteiger partial charge in [0.05, 0.1) is 31.3 Å². The van der Waals surface area contributed by atoms with Gasteiger partial charge in [0.2, 0.25) is 5.91 Å². The molecule has 2 unspecified atom stereocenters. The molecule has 154 valence electrons. The summed E-state index contributed by atoms with van der Waals surface area (Å²) >= 11 is 3.52. The Kier molecular flexibility index (Phi) is 5.34. The van der Waals surface area contributed by atoms with E-state index in [2.05, 4.69) is 55.3 Å². The van der Waals surface area contributed by atoms with E-state index in [1.165, 1.54) is 11.3 Å². The maximum Gasteiger partial charge on any atom is 0.228 e. The first-order chi connectivity index (χ1) is 14.7. The van der Waals surface area contributed by atoms with Crippen molar-refractivity contribution in [3.05, 3.63) is 81.6 Å². The third kappa shape index (κ3) is 3.76. The Morgan fingerprint density at radius 2 is 2.03 bits per heavy atom. The van der Waals surface area contributed by atoms with Crippen LogP contribution in [0.4, 0.5) is 0 Å². The number of fused-ring (bicyclic) bond motifs is 2. The summed E-state index contributed by atoms with van der Waals surface area (Å²) in [6.07, 6.45) is 5.64. The number of ether oxygens (including phenoxy) is 1. The molecule has 1 aliphatic heterocycles. The third-order valence-electron chi connectivity index (χ3n) is 6.08. The van der Waals surface area contributed by atoms with Crippen molar-refractivity contribution in [3.8, 4) is 5.75 Å². The quantitative estimate of drug-likeness (QED) is 0.604. The second kappa shape index (κ2) is 8.26. The number of carbonyl (C=O) groups is 1. The molecule has 1 N–H and O–H groups in total. The fraction of sp³-hybridized carbons (Fsp3) is 0.333. The van der Waals surface area contributed by atoms with Crippen molar-refractivity contribution >= 4 is 21.8 Å². The lowest BCUT2D eigenvalue weighted by molar-refractivity contribution is -0.124. The summed E-state index contributed by atoms with van der Waals surface area (Å²) < 4.78 is 8.80. The normalized spacial score (nSPS) is 20.0. The summed E-state index contributed by atoms with van der Waals surface area (Å²) in [4.78, 5) is 13.2. The van der Waals surface area contributed by atoms with Crippen LogP contribution in [-0.4, -0.2) is 22.3 Å². The van der Waals surface area contributed by atoms with Crippen LogP contribution in [0.5, 0.6) is 5.75 Å². The Morgan fingerprint density at radius 1 is 1.17 bits per heavy atom. The Morgan fingerprint density at radius 3 is 2.90 bits per heavy atom. The summed E-state index contributed by atoms with van der Waals surface area (Å²) in [6.45, 7) is 1.33. The van der Waals surface area contributed by atoms with Crippen LogP contribution in [-0.2, 0) is 17.8 Å². The van der Waals surface area contributed by atoms with Crippen molar-refractivity contribution in [1.82, 2.24) is 15.1 Å². The lowest BCUT2D eigenvalue weighted by Crippen LogP contribution is -2.36. The highest BCUT2D eigenvalue weighted by molar-refractivity contribution is 9.10. The van der Waals surface area contributed by atoms with Crippen LogP contribution in [0, 0.1) is 0 Å². The maximum absolute atomic E-state index is 13.2. The minimum absolute atomic E-state index is 0.0178. The first-order valence-corrected chi connectivity index (χ1v) is 11.3. The first kappa shape index (κ1) is 19.4. The van der Waals surface area contributed by atoms with Gasteiger partial charge in [0.25, 0.3) is 0 Å². The van der Waals surface area contributed by atoms with E-state index in [0.717, 1.165) is 47.2 Å². The molecule has 2 heterocycles. The maximum atomic E-state index is 13.2. The summed E-state index contributed by atoms with van der Waals surface area (Å²) in [5.41, 5.74) is 4.60. The van der Waals surface area contributed by atoms with Crippen molar-refractivity contribution in [1.29, 1.82) is 0 Å². The van der Waals surface area contributed by atoms with Gasteiger partial charge in [0.15, 0.2) is 0 Å². The van der Waals surface area contributed by atoms with Gasteiger partial charge in [-0.05, 0) is 49.4 Å². The van der Waals surface area contributed by atoms with Crippen LogP contribution in [0.25, 0.3) is 0 Å². The molecule has 0 fully saturated rings. The molecule has 1 aromatic heterocycles. The van der Waals surface area contributed by atoms with Crippen molar-refractivity contribution in [2.24, 2.45) is 0 Å². The van der Waals surface area contributed by atoms with E-state index in [4.69, 9.17) is 4.74 Å². The van der Waals surface area contributed by atoms with Crippen LogP contribution in [0.3, 0.4) is 0 Å². The fourth-order valence-corrected chi connectivity index (χ4v) is 4.95. The highest BCUT2D eigenvalue weighted by Gasteiger charge is 2.32. The Labute approximate surface area is 184 Å². The molecule has 6 heteroatoms. The topological polar surface area (TPSA) is 56.2 Å². The Hall–Kier alpha value is -2.60. The number of nitrogens with zero attached hydrogens (tertiary/aromatic N) is 2. The molecule has 0 saturated heterocycles. The van der Waals surface area contributed by atoms with Gasteiger partial charge in [-0.15, -0.1) is 0 Å². The number of benzene rings is 2. The van der Waals surface area contributed by atoms with Gasteiger partial charge in [0, 0.05) is 21.3 Å². The van der Waals surface area contributed by atoms with E-state index < -0.39 is 0 Å². The van der Waals surface area contributed by atoms with E-state index >= 15 is 0 Å². The number of aromatic nitrogens is 2. The molecule has 2 aliphatic rings. The van der Waals surface area contributed by atoms with Gasteiger partial charge in [-0.25, -0.2) is 0 Å². The van der Waals surface area contributed by atoms with Crippen molar-refractivity contribution < 1.29 is 9.53 Å². The first-order valence-electron chi connectivity index (χ1n) is 10.5. The summed E-state index contributed by atoms with van der Waals surface area (Å²) in [5, 5.41) is 7.97. The second-order valence-electron chi connectivity index (χ2n) is 8.02. The van der Waals surface area contributed by atoms with E-state index in [0.29, 0.717) is 13.0 Å². The molecule has 0 spiro atoms. The highest BCUT2D eigenvalue weighted by Crippen LogP contribution is 2.37. The smallest absolute Gasteiger partial charge is 0.228 e. The van der Waals surface area contributed by atoms with Gasteiger partial charge >= 0.3 is 0 Å². The number of carbonyl (C=O) groups excluding carboxylic acids is 1. The number of hydrogen-bond donors (Lipinski definition) is 1. The molecule has 1 amide bonds. The van der Waals surface area contributed by atoms with Gasteiger partial charge < -0.3 is 10.1 Å². The zero-order valence-corrected chi connectivity index (χ0v) is 18.3. The Bertz CT molecular complexity index is 1060. The summed E-state index contributed by atoms with van der Waals surface area (Å²) in [7, 11) is 0. The summed E-state index contributed by atoms with van der Waals surface area (Å²) in [6, 6.07) is 16.3. The van der Waals surface area contributed by atoms with Gasteiger partial charge in [-0.3, -0.25) is 9.48 Å². The number of halogens is 1. The lowest BCUT2D eigenvalue weighted by atomic mass is 9.89. The highest BCUT2D eigenvalue weighted by atomic mass is 79.9. The number of hydrogen-bond acceptors (Lipinski definition) is 3. The number of amides is 1. The third-order valence-corrected chi connectivity index (χ3v) is 6.58. The Balaban J connectivity index is 1.35. The van der Waals surface area contributed by atoms with Gasteiger partial charge in [-0.2, -0.15) is 5.10 Å². The molecule has 5 rings (SSSR count). The predicted octanol–water partition coefficient (Wildman–Crippen LogP) is 4.75. The molecular weight excluding hydrogens is 442 g/mol. The minimum atomic E-state index is -0.184. The minimum Gasteiger partial charge on any atom is -0.493 e. The fourth-order valence-electron chi connectivity index (χ4n) is 4.57. The van der Waals surface area contributed by atoms with Gasteiger partial charge in [-0.1, -0.05) is 46.3 Å². The lowest BCUT2D eigenvalue weighted by Gasteiger charge is -2.29. The zero-order chi connectivity index (χ0) is 20.5. The van der Waals surface area contributed by atoms with Crippen LogP contribution in [0.2, 0.25) is 0 Å². The second-order valence-corrected chi connectivity index (χ2v) is 8.93. The SMILES string of the molecule is O=C(NC1CCCc2c1cnn2Cc1ccccc1)C1CCOc2ccc(Br)cc21. The number of rotatable bonds is 4. The molecule has 1 aliphatic carbocycles.